The van der Waals surface area contributed by atoms with E-state index in [4.69, 9.17) is 5.11 Å². The monoisotopic (exact) mass is 198 g/mol. The van der Waals surface area contributed by atoms with Crippen molar-refractivity contribution in [2.24, 2.45) is 5.92 Å². The molecule has 2 aliphatic rings. The molecule has 1 saturated heterocycles. The van der Waals surface area contributed by atoms with Gasteiger partial charge in [-0.2, -0.15) is 0 Å². The molecule has 80 valence electrons. The normalized spacial score (nSPS) is 33.5. The van der Waals surface area contributed by atoms with Crippen LogP contribution in [0.1, 0.15) is 25.7 Å². The number of nitrogens with one attached hydrogen (secondary N) is 2. The topological polar surface area (TPSA) is 61.4 Å². The van der Waals surface area contributed by atoms with Gasteiger partial charge >= 0.3 is 0 Å². The van der Waals surface area contributed by atoms with Gasteiger partial charge in [-0.1, -0.05) is 0 Å². The molecule has 14 heavy (non-hydrogen) atoms. The Hall–Kier alpha value is -0.610. The van der Waals surface area contributed by atoms with E-state index in [0.717, 1.165) is 38.8 Å². The number of aliphatic hydroxyl groups excluding tert-OH is 1. The van der Waals surface area contributed by atoms with Crippen LogP contribution in [0.15, 0.2) is 0 Å². The van der Waals surface area contributed by atoms with Crippen LogP contribution in [0.4, 0.5) is 0 Å². The minimum Gasteiger partial charge on any atom is -0.393 e. The highest BCUT2D eigenvalue weighted by Gasteiger charge is 2.30. The number of piperidine rings is 1. The summed E-state index contributed by atoms with van der Waals surface area (Å²) in [5.74, 6) is 0.373. The molecule has 4 nitrogen and oxygen atoms in total. The third kappa shape index (κ3) is 2.25. The molecule has 0 aromatic rings. The molecule has 0 bridgehead atoms. The Morgan fingerprint density at radius 3 is 2.50 bits per heavy atom. The zero-order chi connectivity index (χ0) is 9.97. The van der Waals surface area contributed by atoms with Gasteiger partial charge in [0.05, 0.1) is 6.10 Å². The largest absolute Gasteiger partial charge is 0.393 e. The fourth-order valence-corrected chi connectivity index (χ4v) is 2.11. The molecular weight excluding hydrogens is 180 g/mol. The maximum Gasteiger partial charge on any atom is 0.223 e. The van der Waals surface area contributed by atoms with Crippen LogP contribution in [-0.4, -0.2) is 36.2 Å². The highest BCUT2D eigenvalue weighted by molar-refractivity contribution is 5.79. The SMILES string of the molecule is O=C(NC1CC(O)C1)C1CCNCC1. The van der Waals surface area contributed by atoms with E-state index < -0.39 is 0 Å². The van der Waals surface area contributed by atoms with Crippen molar-refractivity contribution >= 4 is 5.91 Å². The predicted molar refractivity (Wildman–Crippen MR) is 52.8 cm³/mol. The predicted octanol–water partition coefficient (Wildman–Crippen LogP) is -0.375. The van der Waals surface area contributed by atoms with Crippen LogP contribution >= 0.6 is 0 Å². The first-order valence-electron chi connectivity index (χ1n) is 5.45. The van der Waals surface area contributed by atoms with E-state index in [1.807, 2.05) is 0 Å². The van der Waals surface area contributed by atoms with Crippen molar-refractivity contribution in [2.45, 2.75) is 37.8 Å². The number of rotatable bonds is 2. The molecule has 0 spiro atoms. The molecule has 0 radical (unpaired) electrons. The number of carbonyl (C=O) groups is 1. The Morgan fingerprint density at radius 1 is 1.29 bits per heavy atom. The van der Waals surface area contributed by atoms with E-state index in [-0.39, 0.29) is 24.0 Å². The second kappa shape index (κ2) is 4.28. The first-order chi connectivity index (χ1) is 6.75. The van der Waals surface area contributed by atoms with Gasteiger partial charge in [-0.25, -0.2) is 0 Å². The average Bonchev–Trinajstić information content (AvgIpc) is 2.17. The number of carbonyl (C=O) groups excluding carboxylic acids is 1. The summed E-state index contributed by atoms with van der Waals surface area (Å²) in [4.78, 5) is 11.7. The zero-order valence-electron chi connectivity index (χ0n) is 8.33. The van der Waals surface area contributed by atoms with Gasteiger partial charge in [0.25, 0.3) is 0 Å². The molecule has 0 unspecified atom stereocenters. The summed E-state index contributed by atoms with van der Waals surface area (Å²) in [7, 11) is 0. The van der Waals surface area contributed by atoms with Crippen molar-refractivity contribution < 1.29 is 9.90 Å². The highest BCUT2D eigenvalue weighted by atomic mass is 16.3. The summed E-state index contributed by atoms with van der Waals surface area (Å²) in [6.45, 7) is 1.90. The summed E-state index contributed by atoms with van der Waals surface area (Å²) < 4.78 is 0. The maximum absolute atomic E-state index is 11.7. The van der Waals surface area contributed by atoms with Gasteiger partial charge in [-0.15, -0.1) is 0 Å². The Balaban J connectivity index is 1.71. The summed E-state index contributed by atoms with van der Waals surface area (Å²) in [6.07, 6.45) is 3.17. The van der Waals surface area contributed by atoms with Gasteiger partial charge in [-0.05, 0) is 38.8 Å². The second-order valence-corrected chi connectivity index (χ2v) is 4.36. The van der Waals surface area contributed by atoms with Gasteiger partial charge in [0.2, 0.25) is 5.91 Å². The van der Waals surface area contributed by atoms with Gasteiger partial charge in [0.15, 0.2) is 0 Å². The minimum atomic E-state index is -0.187. The molecule has 1 aliphatic heterocycles. The van der Waals surface area contributed by atoms with Crippen molar-refractivity contribution in [2.75, 3.05) is 13.1 Å². The third-order valence-electron chi connectivity index (χ3n) is 3.17. The van der Waals surface area contributed by atoms with E-state index in [1.54, 1.807) is 0 Å². The lowest BCUT2D eigenvalue weighted by molar-refractivity contribution is -0.127. The first kappa shape index (κ1) is 9.93. The van der Waals surface area contributed by atoms with Crippen LogP contribution in [0.25, 0.3) is 0 Å². The van der Waals surface area contributed by atoms with Crippen LogP contribution in [0.3, 0.4) is 0 Å². The summed E-state index contributed by atoms with van der Waals surface area (Å²) in [5, 5.41) is 15.3. The molecule has 2 fully saturated rings. The molecule has 0 aromatic carbocycles. The van der Waals surface area contributed by atoms with Crippen LogP contribution in [0, 0.1) is 5.92 Å². The highest BCUT2D eigenvalue weighted by Crippen LogP contribution is 2.21. The zero-order valence-corrected chi connectivity index (χ0v) is 8.33. The van der Waals surface area contributed by atoms with Crippen molar-refractivity contribution in [1.82, 2.24) is 10.6 Å². The fourth-order valence-electron chi connectivity index (χ4n) is 2.11. The van der Waals surface area contributed by atoms with Crippen molar-refractivity contribution in [3.05, 3.63) is 0 Å². The molecule has 0 aromatic heterocycles. The summed E-state index contributed by atoms with van der Waals surface area (Å²) in [5.41, 5.74) is 0. The quantitative estimate of drug-likeness (QED) is 0.567. The molecule has 1 heterocycles. The second-order valence-electron chi connectivity index (χ2n) is 4.36. The smallest absolute Gasteiger partial charge is 0.223 e. The molecule has 0 atom stereocenters. The van der Waals surface area contributed by atoms with Crippen molar-refractivity contribution in [3.8, 4) is 0 Å². The maximum atomic E-state index is 11.7. The third-order valence-corrected chi connectivity index (χ3v) is 3.17. The molecule has 4 heteroatoms. The Morgan fingerprint density at radius 2 is 1.93 bits per heavy atom. The summed E-state index contributed by atoms with van der Waals surface area (Å²) in [6, 6.07) is 0.229. The molecule has 1 saturated carbocycles. The van der Waals surface area contributed by atoms with Crippen LogP contribution in [-0.2, 0) is 4.79 Å². The molecule has 3 N–H and O–H groups in total. The van der Waals surface area contributed by atoms with Crippen LogP contribution < -0.4 is 10.6 Å². The van der Waals surface area contributed by atoms with Crippen molar-refractivity contribution in [1.29, 1.82) is 0 Å². The number of hydrogen-bond donors (Lipinski definition) is 3. The average molecular weight is 198 g/mol. The molecule has 1 aliphatic carbocycles. The lowest BCUT2D eigenvalue weighted by Crippen LogP contribution is -2.49. The van der Waals surface area contributed by atoms with E-state index in [0.29, 0.717) is 0 Å². The van der Waals surface area contributed by atoms with E-state index in [9.17, 15) is 4.79 Å². The van der Waals surface area contributed by atoms with E-state index >= 15 is 0 Å². The number of aliphatic hydroxyl groups is 1. The van der Waals surface area contributed by atoms with Crippen LogP contribution in [0.2, 0.25) is 0 Å². The Labute approximate surface area is 84.1 Å². The van der Waals surface area contributed by atoms with Gasteiger partial charge < -0.3 is 15.7 Å². The van der Waals surface area contributed by atoms with Gasteiger partial charge in [-0.3, -0.25) is 4.79 Å². The number of hydrogen-bond acceptors (Lipinski definition) is 3. The lowest BCUT2D eigenvalue weighted by Gasteiger charge is -2.33. The molecule has 1 amide bonds. The Bertz CT molecular complexity index is 208. The number of amides is 1. The van der Waals surface area contributed by atoms with Crippen LogP contribution in [0.5, 0.6) is 0 Å². The minimum absolute atomic E-state index is 0.184. The lowest BCUT2D eigenvalue weighted by atomic mass is 9.88. The standard InChI is InChI=1S/C10H18N2O2/c13-9-5-8(6-9)12-10(14)7-1-3-11-4-2-7/h7-9,11,13H,1-6H2,(H,12,14). The first-order valence-corrected chi connectivity index (χ1v) is 5.45. The molecular formula is C10H18N2O2. The van der Waals surface area contributed by atoms with E-state index in [2.05, 4.69) is 10.6 Å². The fraction of sp³-hybridized carbons (Fsp3) is 0.900. The summed E-state index contributed by atoms with van der Waals surface area (Å²) >= 11 is 0. The molecule has 2 rings (SSSR count). The van der Waals surface area contributed by atoms with E-state index in [1.165, 1.54) is 0 Å². The Kier molecular flexibility index (Phi) is 3.03. The van der Waals surface area contributed by atoms with Gasteiger partial charge in [0, 0.05) is 12.0 Å². The van der Waals surface area contributed by atoms with Crippen molar-refractivity contribution in [3.63, 3.8) is 0 Å². The van der Waals surface area contributed by atoms with Gasteiger partial charge in [0.1, 0.15) is 0 Å².